The topological polar surface area (TPSA) is 47.3 Å². The van der Waals surface area contributed by atoms with E-state index in [1.54, 1.807) is 12.1 Å². The number of nitriles is 1. The summed E-state index contributed by atoms with van der Waals surface area (Å²) in [6.45, 7) is 1.96. The highest BCUT2D eigenvalue weighted by molar-refractivity contribution is 5.66. The van der Waals surface area contributed by atoms with Gasteiger partial charge in [-0.2, -0.15) is 5.26 Å². The maximum Gasteiger partial charge on any atom is 0.0991 e. The Morgan fingerprint density at radius 2 is 1.80 bits per heavy atom. The molecule has 0 unspecified atom stereocenters. The Bertz CT molecular complexity index is 614. The molecule has 0 aliphatic rings. The van der Waals surface area contributed by atoms with Crippen LogP contribution in [0.4, 0.5) is 11.4 Å². The van der Waals surface area contributed by atoms with Crippen molar-refractivity contribution in [2.24, 2.45) is 0 Å². The zero-order chi connectivity index (χ0) is 14.5. The van der Waals surface area contributed by atoms with E-state index in [1.165, 1.54) is 0 Å². The van der Waals surface area contributed by atoms with Crippen LogP contribution in [0.2, 0.25) is 0 Å². The van der Waals surface area contributed by atoms with E-state index in [1.807, 2.05) is 55.3 Å². The van der Waals surface area contributed by atoms with Crippen LogP contribution in [0.25, 0.3) is 0 Å². The molecule has 0 fully saturated rings. The second-order valence-electron chi connectivity index (χ2n) is 4.70. The summed E-state index contributed by atoms with van der Waals surface area (Å²) in [5, 5.41) is 19.0. The van der Waals surface area contributed by atoms with Crippen LogP contribution in [-0.4, -0.2) is 12.2 Å². The van der Waals surface area contributed by atoms with Crippen LogP contribution in [0.1, 0.15) is 30.6 Å². The summed E-state index contributed by atoms with van der Waals surface area (Å²) >= 11 is 0. The third-order valence-corrected chi connectivity index (χ3v) is 3.43. The van der Waals surface area contributed by atoms with Gasteiger partial charge < -0.3 is 10.0 Å². The summed E-state index contributed by atoms with van der Waals surface area (Å²) in [6.07, 6.45) is 0.213. The fraction of sp³-hybridized carbons (Fsp3) is 0.235. The van der Waals surface area contributed by atoms with E-state index in [-0.39, 0.29) is 0 Å². The minimum Gasteiger partial charge on any atom is -0.388 e. The Morgan fingerprint density at radius 3 is 2.40 bits per heavy atom. The molecule has 0 aliphatic heterocycles. The second kappa shape index (κ2) is 6.23. The van der Waals surface area contributed by atoms with Crippen LogP contribution in [-0.2, 0) is 0 Å². The summed E-state index contributed by atoms with van der Waals surface area (Å²) < 4.78 is 0. The molecule has 0 heterocycles. The highest BCUT2D eigenvalue weighted by atomic mass is 16.3. The normalized spacial score (nSPS) is 11.7. The SMILES string of the molecule is CC[C@@H](O)c1ccccc1N(C)c1ccc(C#N)cc1. The first-order valence-electron chi connectivity index (χ1n) is 6.68. The van der Waals surface area contributed by atoms with Crippen molar-refractivity contribution in [3.63, 3.8) is 0 Å². The molecule has 102 valence electrons. The number of aliphatic hydroxyl groups is 1. The van der Waals surface area contributed by atoms with Crippen molar-refractivity contribution in [2.75, 3.05) is 11.9 Å². The molecule has 0 aromatic heterocycles. The van der Waals surface area contributed by atoms with Gasteiger partial charge in [-0.1, -0.05) is 25.1 Å². The van der Waals surface area contributed by atoms with E-state index < -0.39 is 6.10 Å². The molecule has 0 saturated carbocycles. The highest BCUT2D eigenvalue weighted by Gasteiger charge is 2.14. The summed E-state index contributed by atoms with van der Waals surface area (Å²) in [5.41, 5.74) is 3.53. The lowest BCUT2D eigenvalue weighted by Gasteiger charge is -2.24. The molecule has 20 heavy (non-hydrogen) atoms. The molecule has 2 rings (SSSR count). The van der Waals surface area contributed by atoms with Crippen LogP contribution in [0.5, 0.6) is 0 Å². The molecular weight excluding hydrogens is 248 g/mol. The average molecular weight is 266 g/mol. The van der Waals surface area contributed by atoms with E-state index >= 15 is 0 Å². The van der Waals surface area contributed by atoms with E-state index in [0.29, 0.717) is 12.0 Å². The predicted molar refractivity (Wildman–Crippen MR) is 80.9 cm³/mol. The van der Waals surface area contributed by atoms with Crippen molar-refractivity contribution in [3.05, 3.63) is 59.7 Å². The maximum absolute atomic E-state index is 10.1. The van der Waals surface area contributed by atoms with Gasteiger partial charge in [0.15, 0.2) is 0 Å². The molecule has 0 spiro atoms. The lowest BCUT2D eigenvalue weighted by atomic mass is 10.0. The van der Waals surface area contributed by atoms with Gasteiger partial charge in [-0.05, 0) is 36.8 Å². The van der Waals surface area contributed by atoms with Gasteiger partial charge in [0.1, 0.15) is 0 Å². The molecule has 1 N–H and O–H groups in total. The van der Waals surface area contributed by atoms with Gasteiger partial charge >= 0.3 is 0 Å². The number of benzene rings is 2. The minimum absolute atomic E-state index is 0.466. The first kappa shape index (κ1) is 14.1. The standard InChI is InChI=1S/C17H18N2O/c1-3-17(20)15-6-4-5-7-16(15)19(2)14-10-8-13(12-18)9-11-14/h4-11,17,20H,3H2,1-2H3/t17-/m1/s1. The average Bonchev–Trinajstić information content (AvgIpc) is 2.53. The number of hydrogen-bond acceptors (Lipinski definition) is 3. The third-order valence-electron chi connectivity index (χ3n) is 3.43. The number of aliphatic hydroxyl groups excluding tert-OH is 1. The number of para-hydroxylation sites is 1. The number of anilines is 2. The summed E-state index contributed by atoms with van der Waals surface area (Å²) in [4.78, 5) is 2.02. The zero-order valence-corrected chi connectivity index (χ0v) is 11.7. The van der Waals surface area contributed by atoms with E-state index in [4.69, 9.17) is 5.26 Å². The first-order valence-corrected chi connectivity index (χ1v) is 6.68. The molecular formula is C17H18N2O. The third kappa shape index (κ3) is 2.81. The lowest BCUT2D eigenvalue weighted by molar-refractivity contribution is 0.174. The van der Waals surface area contributed by atoms with Crippen molar-refractivity contribution >= 4 is 11.4 Å². The fourth-order valence-electron chi connectivity index (χ4n) is 2.19. The molecule has 3 nitrogen and oxygen atoms in total. The number of rotatable bonds is 4. The molecule has 0 saturated heterocycles. The van der Waals surface area contributed by atoms with Crippen molar-refractivity contribution in [2.45, 2.75) is 19.4 Å². The van der Waals surface area contributed by atoms with Gasteiger partial charge in [-0.25, -0.2) is 0 Å². The van der Waals surface area contributed by atoms with Crippen LogP contribution < -0.4 is 4.90 Å². The van der Waals surface area contributed by atoms with E-state index in [9.17, 15) is 5.11 Å². The Hall–Kier alpha value is -2.31. The van der Waals surface area contributed by atoms with Crippen molar-refractivity contribution in [1.82, 2.24) is 0 Å². The molecule has 3 heteroatoms. The quantitative estimate of drug-likeness (QED) is 0.916. The van der Waals surface area contributed by atoms with Gasteiger partial charge in [0, 0.05) is 24.0 Å². The van der Waals surface area contributed by atoms with Crippen molar-refractivity contribution < 1.29 is 5.11 Å². The first-order chi connectivity index (χ1) is 9.67. The van der Waals surface area contributed by atoms with Crippen molar-refractivity contribution in [3.8, 4) is 6.07 Å². The second-order valence-corrected chi connectivity index (χ2v) is 4.70. The monoisotopic (exact) mass is 266 g/mol. The Labute approximate surface area is 119 Å². The maximum atomic E-state index is 10.1. The summed E-state index contributed by atoms with van der Waals surface area (Å²) in [7, 11) is 1.96. The summed E-state index contributed by atoms with van der Waals surface area (Å²) in [5.74, 6) is 0. The van der Waals surface area contributed by atoms with E-state index in [0.717, 1.165) is 16.9 Å². The van der Waals surface area contributed by atoms with Gasteiger partial charge in [0.05, 0.1) is 17.7 Å². The van der Waals surface area contributed by atoms with E-state index in [2.05, 4.69) is 6.07 Å². The molecule has 0 radical (unpaired) electrons. The molecule has 2 aromatic rings. The Balaban J connectivity index is 2.37. The largest absolute Gasteiger partial charge is 0.388 e. The predicted octanol–water partition coefficient (Wildman–Crippen LogP) is 3.77. The Kier molecular flexibility index (Phi) is 4.39. The van der Waals surface area contributed by atoms with Crippen LogP contribution >= 0.6 is 0 Å². The van der Waals surface area contributed by atoms with Gasteiger partial charge in [-0.3, -0.25) is 0 Å². The highest BCUT2D eigenvalue weighted by Crippen LogP contribution is 2.31. The lowest BCUT2D eigenvalue weighted by Crippen LogP contribution is -2.13. The van der Waals surface area contributed by atoms with Crippen LogP contribution in [0, 0.1) is 11.3 Å². The fourth-order valence-corrected chi connectivity index (χ4v) is 2.19. The van der Waals surface area contributed by atoms with Gasteiger partial charge in [0.25, 0.3) is 0 Å². The van der Waals surface area contributed by atoms with Crippen LogP contribution in [0.15, 0.2) is 48.5 Å². The molecule has 0 amide bonds. The minimum atomic E-state index is -0.466. The van der Waals surface area contributed by atoms with Crippen LogP contribution in [0.3, 0.4) is 0 Å². The number of hydrogen-bond donors (Lipinski definition) is 1. The van der Waals surface area contributed by atoms with Gasteiger partial charge in [-0.15, -0.1) is 0 Å². The molecule has 1 atom stereocenters. The molecule has 2 aromatic carbocycles. The Morgan fingerprint density at radius 1 is 1.15 bits per heavy atom. The summed E-state index contributed by atoms with van der Waals surface area (Å²) in [6, 6.07) is 17.4. The smallest absolute Gasteiger partial charge is 0.0991 e. The molecule has 0 aliphatic carbocycles. The van der Waals surface area contributed by atoms with Crippen molar-refractivity contribution in [1.29, 1.82) is 5.26 Å². The van der Waals surface area contributed by atoms with Gasteiger partial charge in [0.2, 0.25) is 0 Å². The molecule has 0 bridgehead atoms. The number of nitrogens with zero attached hydrogens (tertiary/aromatic N) is 2. The zero-order valence-electron chi connectivity index (χ0n) is 11.7.